The van der Waals surface area contributed by atoms with Crippen molar-refractivity contribution in [2.45, 2.75) is 38.5 Å². The Hall–Kier alpha value is -2.70. The third kappa shape index (κ3) is 4.24. The van der Waals surface area contributed by atoms with Gasteiger partial charge in [-0.05, 0) is 67.8 Å². The van der Waals surface area contributed by atoms with Crippen LogP contribution in [-0.2, 0) is 10.0 Å². The maximum atomic E-state index is 11.5. The van der Waals surface area contributed by atoms with Crippen LogP contribution in [0.1, 0.15) is 42.3 Å². The molecule has 0 saturated heterocycles. The minimum atomic E-state index is -3.70. The number of aromatic nitrogens is 1. The van der Waals surface area contributed by atoms with Crippen LogP contribution in [0.2, 0.25) is 0 Å². The van der Waals surface area contributed by atoms with Crippen LogP contribution in [0.4, 0.5) is 5.69 Å². The first-order valence-electron chi connectivity index (χ1n) is 9.13. The summed E-state index contributed by atoms with van der Waals surface area (Å²) in [6, 6.07) is 16.9. The van der Waals surface area contributed by atoms with E-state index in [0.717, 1.165) is 28.3 Å². The highest BCUT2D eigenvalue weighted by Gasteiger charge is 2.12. The van der Waals surface area contributed by atoms with Crippen LogP contribution in [-0.4, -0.2) is 19.2 Å². The van der Waals surface area contributed by atoms with Crippen molar-refractivity contribution in [1.29, 1.82) is 0 Å². The molecule has 0 radical (unpaired) electrons. The number of nitrogens with zero attached hydrogens (tertiary/aromatic N) is 2. The van der Waals surface area contributed by atoms with E-state index >= 15 is 0 Å². The van der Waals surface area contributed by atoms with E-state index in [4.69, 9.17) is 5.14 Å². The molecule has 146 valence electrons. The molecule has 5 nitrogen and oxygen atoms in total. The number of primary sulfonamides is 1. The van der Waals surface area contributed by atoms with Gasteiger partial charge in [0.1, 0.15) is 0 Å². The summed E-state index contributed by atoms with van der Waals surface area (Å²) >= 11 is 0. The molecule has 0 bridgehead atoms. The molecule has 28 heavy (non-hydrogen) atoms. The van der Waals surface area contributed by atoms with Gasteiger partial charge in [0.2, 0.25) is 10.0 Å². The van der Waals surface area contributed by atoms with Gasteiger partial charge in [0.15, 0.2) is 0 Å². The number of aryl methyl sites for hydroxylation is 1. The topological polar surface area (TPSA) is 77.5 Å². The molecule has 0 spiro atoms. The fourth-order valence-electron chi connectivity index (χ4n) is 3.19. The highest BCUT2D eigenvalue weighted by atomic mass is 32.2. The Morgan fingerprint density at radius 2 is 1.61 bits per heavy atom. The summed E-state index contributed by atoms with van der Waals surface area (Å²) in [7, 11) is -3.70. The van der Waals surface area contributed by atoms with E-state index in [2.05, 4.69) is 41.6 Å². The van der Waals surface area contributed by atoms with E-state index in [9.17, 15) is 8.42 Å². The number of hydrogen-bond donors (Lipinski definition) is 1. The Kier molecular flexibility index (Phi) is 5.54. The fraction of sp³-hybridized carbons (Fsp3) is 0.227. The number of hydrogen-bond acceptors (Lipinski definition) is 3. The minimum Gasteiger partial charge on any atom is -0.318 e. The first kappa shape index (κ1) is 20.0. The molecule has 0 unspecified atom stereocenters. The third-order valence-corrected chi connectivity index (χ3v) is 5.74. The molecule has 1 aromatic heterocycles. The second kappa shape index (κ2) is 7.73. The van der Waals surface area contributed by atoms with Gasteiger partial charge >= 0.3 is 0 Å². The minimum absolute atomic E-state index is 0.102. The van der Waals surface area contributed by atoms with Crippen LogP contribution in [0.5, 0.6) is 0 Å². The molecule has 1 heterocycles. The first-order chi connectivity index (χ1) is 13.2. The predicted octanol–water partition coefficient (Wildman–Crippen LogP) is 4.62. The smallest absolute Gasteiger partial charge is 0.238 e. The normalized spacial score (nSPS) is 12.2. The summed E-state index contributed by atoms with van der Waals surface area (Å²) in [6.45, 7) is 8.37. The summed E-state index contributed by atoms with van der Waals surface area (Å²) in [4.78, 5) is 4.70. The quantitative estimate of drug-likeness (QED) is 0.640. The molecular formula is C22H25N3O2S. The van der Waals surface area contributed by atoms with E-state index in [1.54, 1.807) is 12.1 Å². The maximum absolute atomic E-state index is 11.5. The lowest BCUT2D eigenvalue weighted by atomic mass is 10.0. The molecule has 0 fully saturated rings. The second-order valence-electron chi connectivity index (χ2n) is 7.21. The largest absolute Gasteiger partial charge is 0.318 e. The zero-order chi connectivity index (χ0) is 20.5. The third-order valence-electron chi connectivity index (χ3n) is 4.81. The standard InChI is InChI=1S/C22H25N3O2S/c1-15(2)18-5-7-20(8-6-18)24-14-19-13-16(3)25(17(19)4)21-9-11-22(12-10-21)28(23,26)27/h5-15H,1-4H3,(H2,23,26,27). The number of nitrogens with two attached hydrogens (primary N) is 1. The van der Waals surface area contributed by atoms with Crippen LogP contribution < -0.4 is 5.14 Å². The number of aliphatic imine (C=N–C) groups is 1. The SMILES string of the molecule is Cc1cc(C=Nc2ccc(C(C)C)cc2)c(C)n1-c1ccc(S(N)(=O)=O)cc1. The lowest BCUT2D eigenvalue weighted by molar-refractivity contribution is 0.598. The molecule has 3 aromatic rings. The summed E-state index contributed by atoms with van der Waals surface area (Å²) in [6.07, 6.45) is 1.86. The molecule has 2 N–H and O–H groups in total. The van der Waals surface area contributed by atoms with E-state index in [0.29, 0.717) is 5.92 Å². The van der Waals surface area contributed by atoms with Crippen molar-refractivity contribution in [3.63, 3.8) is 0 Å². The zero-order valence-corrected chi connectivity index (χ0v) is 17.4. The van der Waals surface area contributed by atoms with Crippen molar-refractivity contribution < 1.29 is 8.42 Å². The highest BCUT2D eigenvalue weighted by molar-refractivity contribution is 7.89. The second-order valence-corrected chi connectivity index (χ2v) is 8.77. The average molecular weight is 396 g/mol. The first-order valence-corrected chi connectivity index (χ1v) is 10.7. The van der Waals surface area contributed by atoms with Gasteiger partial charge in [0.05, 0.1) is 10.6 Å². The number of sulfonamides is 1. The van der Waals surface area contributed by atoms with Crippen molar-refractivity contribution in [2.24, 2.45) is 10.1 Å². The average Bonchev–Trinajstić information content (AvgIpc) is 2.93. The van der Waals surface area contributed by atoms with E-state index in [1.807, 2.05) is 32.2 Å². The summed E-state index contributed by atoms with van der Waals surface area (Å²) in [5.41, 5.74) is 6.16. The van der Waals surface area contributed by atoms with Crippen LogP contribution in [0.25, 0.3) is 5.69 Å². The number of rotatable bonds is 5. The molecule has 2 aromatic carbocycles. The Bertz CT molecular complexity index is 1110. The van der Waals surface area contributed by atoms with Crippen molar-refractivity contribution in [1.82, 2.24) is 4.57 Å². The lowest BCUT2D eigenvalue weighted by Gasteiger charge is -2.10. The van der Waals surface area contributed by atoms with Gasteiger partial charge < -0.3 is 4.57 Å². The molecule has 0 saturated carbocycles. The van der Waals surface area contributed by atoms with Crippen molar-refractivity contribution >= 4 is 21.9 Å². The van der Waals surface area contributed by atoms with Crippen molar-refractivity contribution in [2.75, 3.05) is 0 Å². The van der Waals surface area contributed by atoms with E-state index < -0.39 is 10.0 Å². The molecule has 0 atom stereocenters. The van der Waals surface area contributed by atoms with E-state index in [1.165, 1.54) is 17.7 Å². The van der Waals surface area contributed by atoms with Gasteiger partial charge in [-0.2, -0.15) is 0 Å². The highest BCUT2D eigenvalue weighted by Crippen LogP contribution is 2.23. The molecular weight excluding hydrogens is 370 g/mol. The predicted molar refractivity (Wildman–Crippen MR) is 114 cm³/mol. The van der Waals surface area contributed by atoms with E-state index in [-0.39, 0.29) is 4.90 Å². The van der Waals surface area contributed by atoms with Gasteiger partial charge in [-0.15, -0.1) is 0 Å². The Labute approximate surface area is 166 Å². The molecule has 0 aliphatic carbocycles. The van der Waals surface area contributed by atoms with Gasteiger partial charge in [-0.3, -0.25) is 4.99 Å². The molecule has 6 heteroatoms. The number of benzene rings is 2. The van der Waals surface area contributed by atoms with Gasteiger partial charge in [0.25, 0.3) is 0 Å². The van der Waals surface area contributed by atoms with Gasteiger partial charge in [-0.25, -0.2) is 13.6 Å². The summed E-state index contributed by atoms with van der Waals surface area (Å²) in [5, 5.41) is 5.18. The molecule has 0 amide bonds. The fourth-order valence-corrected chi connectivity index (χ4v) is 3.71. The molecule has 0 aliphatic rings. The Morgan fingerprint density at radius 3 is 2.14 bits per heavy atom. The van der Waals surface area contributed by atoms with Crippen molar-refractivity contribution in [3.8, 4) is 5.69 Å². The van der Waals surface area contributed by atoms with Gasteiger partial charge in [0, 0.05) is 28.9 Å². The Morgan fingerprint density at radius 1 is 1.00 bits per heavy atom. The lowest BCUT2D eigenvalue weighted by Crippen LogP contribution is -2.12. The summed E-state index contributed by atoms with van der Waals surface area (Å²) < 4.78 is 25.0. The van der Waals surface area contributed by atoms with Crippen molar-refractivity contribution in [3.05, 3.63) is 77.1 Å². The monoisotopic (exact) mass is 395 g/mol. The van der Waals surface area contributed by atoms with Crippen LogP contribution in [0.3, 0.4) is 0 Å². The maximum Gasteiger partial charge on any atom is 0.238 e. The van der Waals surface area contributed by atoms with Crippen LogP contribution >= 0.6 is 0 Å². The molecule has 3 rings (SSSR count). The summed E-state index contributed by atoms with van der Waals surface area (Å²) in [5.74, 6) is 0.498. The van der Waals surface area contributed by atoms with Crippen LogP contribution in [0, 0.1) is 13.8 Å². The van der Waals surface area contributed by atoms with Crippen LogP contribution in [0.15, 0.2) is 64.5 Å². The zero-order valence-electron chi connectivity index (χ0n) is 16.5. The van der Waals surface area contributed by atoms with Gasteiger partial charge in [-0.1, -0.05) is 26.0 Å². The molecule has 0 aliphatic heterocycles. The Balaban J connectivity index is 1.89.